The SMILES string of the molecule is CCCOc1ccc(C(=O)Nc2ccc3nn(-c4ccc(OC)cc4)nc3c2)cc1. The lowest BCUT2D eigenvalue weighted by atomic mass is 10.2. The molecule has 4 rings (SSSR count). The fourth-order valence-corrected chi connectivity index (χ4v) is 2.95. The molecule has 0 saturated carbocycles. The number of nitrogens with zero attached hydrogens (tertiary/aromatic N) is 3. The molecule has 0 bridgehead atoms. The van der Waals surface area contributed by atoms with Gasteiger partial charge in [-0.3, -0.25) is 4.79 Å². The Balaban J connectivity index is 1.49. The van der Waals surface area contributed by atoms with E-state index in [1.54, 1.807) is 42.2 Å². The van der Waals surface area contributed by atoms with Crippen LogP contribution in [0.3, 0.4) is 0 Å². The number of rotatable bonds is 7. The van der Waals surface area contributed by atoms with Crippen LogP contribution in [-0.4, -0.2) is 34.6 Å². The molecule has 1 amide bonds. The smallest absolute Gasteiger partial charge is 0.255 e. The number of anilines is 1. The summed E-state index contributed by atoms with van der Waals surface area (Å²) in [7, 11) is 1.62. The summed E-state index contributed by atoms with van der Waals surface area (Å²) in [5.74, 6) is 1.33. The van der Waals surface area contributed by atoms with E-state index in [9.17, 15) is 4.79 Å². The van der Waals surface area contributed by atoms with E-state index in [4.69, 9.17) is 9.47 Å². The lowest BCUT2D eigenvalue weighted by molar-refractivity contribution is 0.102. The summed E-state index contributed by atoms with van der Waals surface area (Å²) in [6.07, 6.45) is 0.938. The van der Waals surface area contributed by atoms with E-state index in [0.717, 1.165) is 29.1 Å². The van der Waals surface area contributed by atoms with Crippen LogP contribution in [0.15, 0.2) is 66.7 Å². The van der Waals surface area contributed by atoms with Crippen molar-refractivity contribution in [3.63, 3.8) is 0 Å². The summed E-state index contributed by atoms with van der Waals surface area (Å²) in [5, 5.41) is 11.9. The van der Waals surface area contributed by atoms with Crippen LogP contribution >= 0.6 is 0 Å². The number of carbonyl (C=O) groups is 1. The van der Waals surface area contributed by atoms with E-state index in [2.05, 4.69) is 15.5 Å². The van der Waals surface area contributed by atoms with Crippen LogP contribution in [0.25, 0.3) is 16.7 Å². The average Bonchev–Trinajstić information content (AvgIpc) is 3.21. The van der Waals surface area contributed by atoms with E-state index in [1.165, 1.54) is 0 Å². The lowest BCUT2D eigenvalue weighted by Gasteiger charge is -2.07. The van der Waals surface area contributed by atoms with Crippen molar-refractivity contribution >= 4 is 22.6 Å². The van der Waals surface area contributed by atoms with Crippen molar-refractivity contribution in [2.45, 2.75) is 13.3 Å². The number of hydrogen-bond acceptors (Lipinski definition) is 5. The van der Waals surface area contributed by atoms with E-state index in [-0.39, 0.29) is 5.91 Å². The molecule has 0 spiro atoms. The van der Waals surface area contributed by atoms with Gasteiger partial charge in [0.25, 0.3) is 5.91 Å². The first-order chi connectivity index (χ1) is 14.7. The first-order valence-electron chi connectivity index (χ1n) is 9.72. The fourth-order valence-electron chi connectivity index (χ4n) is 2.95. The normalized spacial score (nSPS) is 10.7. The van der Waals surface area contributed by atoms with Gasteiger partial charge in [-0.15, -0.1) is 10.2 Å². The molecule has 0 radical (unpaired) electrons. The van der Waals surface area contributed by atoms with Crippen molar-refractivity contribution in [1.82, 2.24) is 15.0 Å². The molecule has 0 atom stereocenters. The molecule has 4 aromatic rings. The third kappa shape index (κ3) is 4.25. The molecule has 0 fully saturated rings. The van der Waals surface area contributed by atoms with Crippen LogP contribution in [0.1, 0.15) is 23.7 Å². The number of amides is 1. The Bertz CT molecular complexity index is 1150. The Morgan fingerprint density at radius 3 is 2.33 bits per heavy atom. The molecule has 7 heteroatoms. The van der Waals surface area contributed by atoms with Crippen molar-refractivity contribution in [3.8, 4) is 17.2 Å². The number of aromatic nitrogens is 3. The number of benzene rings is 3. The number of ether oxygens (including phenoxy) is 2. The lowest BCUT2D eigenvalue weighted by Crippen LogP contribution is -2.11. The van der Waals surface area contributed by atoms with E-state index >= 15 is 0 Å². The highest BCUT2D eigenvalue weighted by molar-refractivity contribution is 6.05. The molecular weight excluding hydrogens is 380 g/mol. The Labute approximate surface area is 174 Å². The van der Waals surface area contributed by atoms with Gasteiger partial charge in [-0.1, -0.05) is 6.92 Å². The highest BCUT2D eigenvalue weighted by atomic mass is 16.5. The summed E-state index contributed by atoms with van der Waals surface area (Å²) < 4.78 is 10.7. The van der Waals surface area contributed by atoms with Crippen LogP contribution < -0.4 is 14.8 Å². The van der Waals surface area contributed by atoms with Crippen molar-refractivity contribution in [2.75, 3.05) is 19.0 Å². The topological polar surface area (TPSA) is 78.3 Å². The number of carbonyl (C=O) groups excluding carboxylic acids is 1. The predicted molar refractivity (Wildman–Crippen MR) is 116 cm³/mol. The predicted octanol–water partition coefficient (Wildman–Crippen LogP) is 4.47. The molecule has 0 aliphatic heterocycles. The molecule has 3 aromatic carbocycles. The number of nitrogens with one attached hydrogen (secondary N) is 1. The average molecular weight is 402 g/mol. The van der Waals surface area contributed by atoms with Crippen molar-refractivity contribution in [1.29, 1.82) is 0 Å². The van der Waals surface area contributed by atoms with E-state index < -0.39 is 0 Å². The zero-order valence-electron chi connectivity index (χ0n) is 16.8. The van der Waals surface area contributed by atoms with Gasteiger partial charge in [-0.2, -0.15) is 4.80 Å². The minimum atomic E-state index is -0.195. The molecule has 152 valence electrons. The van der Waals surface area contributed by atoms with Gasteiger partial charge in [0.15, 0.2) is 0 Å². The van der Waals surface area contributed by atoms with Gasteiger partial charge in [0.05, 0.1) is 19.4 Å². The Kier molecular flexibility index (Phi) is 5.61. The van der Waals surface area contributed by atoms with Crippen LogP contribution in [0, 0.1) is 0 Å². The number of methoxy groups -OCH3 is 1. The zero-order chi connectivity index (χ0) is 20.9. The largest absolute Gasteiger partial charge is 0.497 e. The van der Waals surface area contributed by atoms with Gasteiger partial charge in [0.2, 0.25) is 0 Å². The summed E-state index contributed by atoms with van der Waals surface area (Å²) in [6.45, 7) is 2.71. The third-order valence-electron chi connectivity index (χ3n) is 4.53. The molecule has 0 aliphatic rings. The Morgan fingerprint density at radius 2 is 1.63 bits per heavy atom. The van der Waals surface area contributed by atoms with Crippen LogP contribution in [0.2, 0.25) is 0 Å². The minimum Gasteiger partial charge on any atom is -0.497 e. The van der Waals surface area contributed by atoms with Crippen molar-refractivity contribution < 1.29 is 14.3 Å². The molecule has 1 aromatic heterocycles. The first kappa shape index (κ1) is 19.4. The molecule has 30 heavy (non-hydrogen) atoms. The summed E-state index contributed by atoms with van der Waals surface area (Å²) in [5.41, 5.74) is 3.46. The van der Waals surface area contributed by atoms with Gasteiger partial charge >= 0.3 is 0 Å². The quantitative estimate of drug-likeness (QED) is 0.493. The van der Waals surface area contributed by atoms with Crippen LogP contribution in [0.4, 0.5) is 5.69 Å². The maximum atomic E-state index is 12.6. The maximum absolute atomic E-state index is 12.6. The molecule has 0 aliphatic carbocycles. The third-order valence-corrected chi connectivity index (χ3v) is 4.53. The minimum absolute atomic E-state index is 0.195. The number of fused-ring (bicyclic) bond motifs is 1. The Hall–Kier alpha value is -3.87. The van der Waals surface area contributed by atoms with Gasteiger partial charge in [0, 0.05) is 11.3 Å². The maximum Gasteiger partial charge on any atom is 0.255 e. The second-order valence-corrected chi connectivity index (χ2v) is 6.72. The molecule has 7 nitrogen and oxygen atoms in total. The van der Waals surface area contributed by atoms with Crippen LogP contribution in [0.5, 0.6) is 11.5 Å². The molecular formula is C23H22N4O3. The molecule has 0 unspecified atom stereocenters. The fraction of sp³-hybridized carbons (Fsp3) is 0.174. The molecule has 0 saturated heterocycles. The van der Waals surface area contributed by atoms with Gasteiger partial charge in [-0.25, -0.2) is 0 Å². The standard InChI is InChI=1S/C23H22N4O3/c1-3-14-30-20-9-4-16(5-10-20)23(28)24-17-6-13-21-22(15-17)26-27(25-21)18-7-11-19(29-2)12-8-18/h4-13,15H,3,14H2,1-2H3,(H,24,28). The second kappa shape index (κ2) is 8.65. The highest BCUT2D eigenvalue weighted by Crippen LogP contribution is 2.20. The van der Waals surface area contributed by atoms with Crippen molar-refractivity contribution in [2.24, 2.45) is 0 Å². The van der Waals surface area contributed by atoms with Gasteiger partial charge in [-0.05, 0) is 73.2 Å². The van der Waals surface area contributed by atoms with E-state index in [1.807, 2.05) is 43.3 Å². The summed E-state index contributed by atoms with van der Waals surface area (Å²) >= 11 is 0. The summed E-state index contributed by atoms with van der Waals surface area (Å²) in [6, 6.07) is 20.0. The first-order valence-corrected chi connectivity index (χ1v) is 9.72. The van der Waals surface area contributed by atoms with Crippen LogP contribution in [-0.2, 0) is 0 Å². The van der Waals surface area contributed by atoms with E-state index in [0.29, 0.717) is 23.4 Å². The highest BCUT2D eigenvalue weighted by Gasteiger charge is 2.10. The molecule has 1 heterocycles. The number of hydrogen-bond donors (Lipinski definition) is 1. The van der Waals surface area contributed by atoms with Gasteiger partial charge < -0.3 is 14.8 Å². The Morgan fingerprint density at radius 1 is 0.933 bits per heavy atom. The monoisotopic (exact) mass is 402 g/mol. The van der Waals surface area contributed by atoms with Crippen molar-refractivity contribution in [3.05, 3.63) is 72.3 Å². The van der Waals surface area contributed by atoms with Gasteiger partial charge in [0.1, 0.15) is 22.5 Å². The zero-order valence-corrected chi connectivity index (χ0v) is 16.8. The molecule has 1 N–H and O–H groups in total. The second-order valence-electron chi connectivity index (χ2n) is 6.72. The summed E-state index contributed by atoms with van der Waals surface area (Å²) in [4.78, 5) is 14.1.